The van der Waals surface area contributed by atoms with Crippen molar-refractivity contribution in [3.63, 3.8) is 0 Å². The zero-order chi connectivity index (χ0) is 15.5. The van der Waals surface area contributed by atoms with Crippen LogP contribution >= 0.6 is 26.6 Å². The van der Waals surface area contributed by atoms with E-state index in [0.717, 1.165) is 18.9 Å². The van der Waals surface area contributed by atoms with Crippen molar-refractivity contribution in [3.8, 4) is 0 Å². The summed E-state index contributed by atoms with van der Waals surface area (Å²) >= 11 is 2.93. The summed E-state index contributed by atoms with van der Waals surface area (Å²) in [4.78, 5) is 11.8. The molecule has 0 radical (unpaired) electrons. The van der Waals surface area contributed by atoms with Gasteiger partial charge in [-0.2, -0.15) is 0 Å². The highest BCUT2D eigenvalue weighted by molar-refractivity contribution is 9.10. The van der Waals surface area contributed by atoms with Crippen LogP contribution in [0.15, 0.2) is 20.0 Å². The van der Waals surface area contributed by atoms with E-state index >= 15 is 0 Å². The molecule has 1 aromatic heterocycles. The first-order valence-corrected chi connectivity index (χ1v) is 9.35. The van der Waals surface area contributed by atoms with Gasteiger partial charge in [-0.15, -0.1) is 0 Å². The van der Waals surface area contributed by atoms with Crippen LogP contribution in [0.2, 0.25) is 0 Å². The molecule has 1 amide bonds. The van der Waals surface area contributed by atoms with Gasteiger partial charge in [0, 0.05) is 22.8 Å². The molecule has 0 aromatic carbocycles. The summed E-state index contributed by atoms with van der Waals surface area (Å²) in [5.41, 5.74) is 0. The summed E-state index contributed by atoms with van der Waals surface area (Å²) in [5.74, 6) is -0.195. The minimum Gasteiger partial charge on any atom is -0.443 e. The molecule has 0 spiro atoms. The first-order valence-electron chi connectivity index (χ1n) is 6.25. The van der Waals surface area contributed by atoms with E-state index in [1.54, 1.807) is 0 Å². The van der Waals surface area contributed by atoms with Gasteiger partial charge in [-0.3, -0.25) is 4.79 Å². The lowest BCUT2D eigenvalue weighted by molar-refractivity contribution is 0.0895. The van der Waals surface area contributed by atoms with Crippen molar-refractivity contribution in [1.82, 2.24) is 5.32 Å². The molecule has 1 heterocycles. The Kier molecular flexibility index (Phi) is 6.09. The molecule has 114 valence electrons. The van der Waals surface area contributed by atoms with Crippen LogP contribution in [-0.2, 0) is 9.05 Å². The van der Waals surface area contributed by atoms with Crippen LogP contribution < -0.4 is 5.32 Å². The smallest absolute Gasteiger partial charge is 0.287 e. The lowest BCUT2D eigenvalue weighted by Gasteiger charge is -2.21. The molecular formula is C12H17BrClNO4S. The topological polar surface area (TPSA) is 76.4 Å². The number of hydrogen-bond donors (Lipinski definition) is 1. The van der Waals surface area contributed by atoms with Gasteiger partial charge in [0.25, 0.3) is 15.0 Å². The van der Waals surface area contributed by atoms with Crippen LogP contribution in [0.5, 0.6) is 0 Å². The van der Waals surface area contributed by atoms with Gasteiger partial charge in [-0.25, -0.2) is 8.42 Å². The zero-order valence-electron chi connectivity index (χ0n) is 11.4. The van der Waals surface area contributed by atoms with Crippen LogP contribution in [0.4, 0.5) is 0 Å². The summed E-state index contributed by atoms with van der Waals surface area (Å²) < 4.78 is 27.5. The van der Waals surface area contributed by atoms with E-state index in [0.29, 0.717) is 5.92 Å². The first kappa shape index (κ1) is 17.5. The Balaban J connectivity index is 2.89. The fraction of sp³-hybridized carbons (Fsp3) is 0.583. The molecule has 0 fully saturated rings. The van der Waals surface area contributed by atoms with Crippen molar-refractivity contribution in [2.24, 2.45) is 5.92 Å². The molecule has 0 aliphatic heterocycles. The molecule has 0 bridgehead atoms. The van der Waals surface area contributed by atoms with Crippen LogP contribution in [0.3, 0.4) is 0 Å². The number of halogens is 2. The van der Waals surface area contributed by atoms with E-state index in [1.807, 2.05) is 6.92 Å². The van der Waals surface area contributed by atoms with Crippen LogP contribution in [-0.4, -0.2) is 20.4 Å². The zero-order valence-corrected chi connectivity index (χ0v) is 14.6. The van der Waals surface area contributed by atoms with Crippen molar-refractivity contribution in [2.45, 2.75) is 44.6 Å². The average molecular weight is 387 g/mol. The van der Waals surface area contributed by atoms with Crippen molar-refractivity contribution in [3.05, 3.63) is 16.5 Å². The Morgan fingerprint density at radius 1 is 1.45 bits per heavy atom. The highest BCUT2D eigenvalue weighted by Gasteiger charge is 2.25. The standard InChI is InChI=1S/C12H17BrClNO4S/c1-4-8(5-2)7(3)15-12(16)9-6-10(11(13)19-9)20(14,17)18/h6-8H,4-5H2,1-3H3,(H,15,16). The SMILES string of the molecule is CCC(CC)C(C)NC(=O)c1cc(S(=O)(=O)Cl)c(Br)o1. The van der Waals surface area contributed by atoms with Crippen LogP contribution in [0.25, 0.3) is 0 Å². The molecule has 1 rings (SSSR count). The van der Waals surface area contributed by atoms with Crippen molar-refractivity contribution < 1.29 is 17.6 Å². The summed E-state index contributed by atoms with van der Waals surface area (Å²) in [7, 11) is 1.28. The first-order chi connectivity index (χ1) is 9.20. The molecule has 5 nitrogen and oxygen atoms in total. The van der Waals surface area contributed by atoms with E-state index in [1.165, 1.54) is 0 Å². The lowest BCUT2D eigenvalue weighted by atomic mass is 9.95. The average Bonchev–Trinajstić information content (AvgIpc) is 2.72. The van der Waals surface area contributed by atoms with Gasteiger partial charge in [0.2, 0.25) is 0 Å². The summed E-state index contributed by atoms with van der Waals surface area (Å²) in [6, 6.07) is 1.08. The van der Waals surface area contributed by atoms with E-state index in [4.69, 9.17) is 15.1 Å². The van der Waals surface area contributed by atoms with E-state index < -0.39 is 15.0 Å². The maximum Gasteiger partial charge on any atom is 0.287 e. The predicted octanol–water partition coefficient (Wildman–Crippen LogP) is 3.52. The number of carbonyl (C=O) groups excluding carboxylic acids is 1. The van der Waals surface area contributed by atoms with Gasteiger partial charge in [0.15, 0.2) is 10.4 Å². The quantitative estimate of drug-likeness (QED) is 0.759. The Morgan fingerprint density at radius 3 is 2.40 bits per heavy atom. The molecule has 1 atom stereocenters. The van der Waals surface area contributed by atoms with Gasteiger partial charge in [-0.05, 0) is 28.8 Å². The Hall–Kier alpha value is -0.530. The predicted molar refractivity (Wildman–Crippen MR) is 80.4 cm³/mol. The molecule has 0 saturated heterocycles. The van der Waals surface area contributed by atoms with Crippen molar-refractivity contribution in [2.75, 3.05) is 0 Å². The van der Waals surface area contributed by atoms with E-state index in [2.05, 4.69) is 35.1 Å². The van der Waals surface area contributed by atoms with Crippen molar-refractivity contribution >= 4 is 41.6 Å². The lowest BCUT2D eigenvalue weighted by Crippen LogP contribution is -2.37. The number of rotatable bonds is 6. The number of nitrogens with one attached hydrogen (secondary N) is 1. The van der Waals surface area contributed by atoms with Crippen LogP contribution in [0, 0.1) is 5.92 Å². The Morgan fingerprint density at radius 2 is 2.00 bits per heavy atom. The highest BCUT2D eigenvalue weighted by Crippen LogP contribution is 2.28. The van der Waals surface area contributed by atoms with Gasteiger partial charge >= 0.3 is 0 Å². The third-order valence-corrected chi connectivity index (χ3v) is 5.44. The van der Waals surface area contributed by atoms with Gasteiger partial charge in [-0.1, -0.05) is 26.7 Å². The fourth-order valence-corrected chi connectivity index (χ4v) is 4.05. The number of hydrogen-bond acceptors (Lipinski definition) is 4. The number of amides is 1. The molecule has 1 aromatic rings. The monoisotopic (exact) mass is 385 g/mol. The van der Waals surface area contributed by atoms with Crippen LogP contribution in [0.1, 0.15) is 44.2 Å². The van der Waals surface area contributed by atoms with Crippen molar-refractivity contribution in [1.29, 1.82) is 0 Å². The molecule has 0 saturated carbocycles. The Labute approximate surface area is 131 Å². The maximum absolute atomic E-state index is 12.0. The molecule has 0 aliphatic carbocycles. The minimum atomic E-state index is -3.95. The Bertz CT molecular complexity index is 580. The largest absolute Gasteiger partial charge is 0.443 e. The second-order valence-corrected chi connectivity index (χ2v) is 7.78. The third kappa shape index (κ3) is 4.23. The summed E-state index contributed by atoms with van der Waals surface area (Å²) in [6.45, 7) is 6.02. The molecular weight excluding hydrogens is 370 g/mol. The van der Waals surface area contributed by atoms with E-state index in [-0.39, 0.29) is 21.4 Å². The number of carbonyl (C=O) groups is 1. The minimum absolute atomic E-state index is 0.0302. The third-order valence-electron chi connectivity index (χ3n) is 3.26. The second-order valence-electron chi connectivity index (χ2n) is 4.53. The van der Waals surface area contributed by atoms with Gasteiger partial charge in [0.05, 0.1) is 0 Å². The summed E-state index contributed by atoms with van der Waals surface area (Å²) in [5, 5.41) is 2.80. The molecule has 1 unspecified atom stereocenters. The van der Waals surface area contributed by atoms with Gasteiger partial charge < -0.3 is 9.73 Å². The normalized spacial score (nSPS) is 13.5. The maximum atomic E-state index is 12.0. The summed E-state index contributed by atoms with van der Waals surface area (Å²) in [6.07, 6.45) is 1.89. The second kappa shape index (κ2) is 6.95. The fourth-order valence-electron chi connectivity index (χ4n) is 2.02. The highest BCUT2D eigenvalue weighted by atomic mass is 79.9. The van der Waals surface area contributed by atoms with E-state index in [9.17, 15) is 13.2 Å². The number of furan rings is 1. The molecule has 0 aliphatic rings. The molecule has 8 heteroatoms. The molecule has 20 heavy (non-hydrogen) atoms. The molecule has 1 N–H and O–H groups in total. The van der Waals surface area contributed by atoms with Gasteiger partial charge in [0.1, 0.15) is 4.90 Å².